The fourth-order valence-electron chi connectivity index (χ4n) is 3.35. The Labute approximate surface area is 133 Å². The molecule has 4 nitrogen and oxygen atoms in total. The molecule has 1 aromatic carbocycles. The maximum absolute atomic E-state index is 11.6. The first-order chi connectivity index (χ1) is 9.99. The Morgan fingerprint density at radius 1 is 1.52 bits per heavy atom. The van der Waals surface area contributed by atoms with Crippen molar-refractivity contribution < 1.29 is 14.6 Å². The van der Waals surface area contributed by atoms with E-state index in [4.69, 9.17) is 4.74 Å². The van der Waals surface area contributed by atoms with Gasteiger partial charge in [-0.25, -0.2) is 0 Å². The van der Waals surface area contributed by atoms with E-state index >= 15 is 0 Å². The number of fused-ring (bicyclic) bond motifs is 1. The van der Waals surface area contributed by atoms with Gasteiger partial charge in [0.2, 0.25) is 0 Å². The summed E-state index contributed by atoms with van der Waals surface area (Å²) >= 11 is 3.48. The zero-order valence-corrected chi connectivity index (χ0v) is 13.7. The average molecular weight is 354 g/mol. The molecule has 2 heterocycles. The second-order valence-electron chi connectivity index (χ2n) is 6.18. The van der Waals surface area contributed by atoms with Gasteiger partial charge >= 0.3 is 5.97 Å². The summed E-state index contributed by atoms with van der Waals surface area (Å²) in [7, 11) is 0. The fourth-order valence-corrected chi connectivity index (χ4v) is 3.76. The molecular weight excluding hydrogens is 334 g/mol. The number of aliphatic carboxylic acids is 1. The van der Waals surface area contributed by atoms with Crippen molar-refractivity contribution in [1.82, 2.24) is 4.90 Å². The molecule has 2 aliphatic rings. The summed E-state index contributed by atoms with van der Waals surface area (Å²) < 4.78 is 7.04. The molecule has 2 aliphatic heterocycles. The van der Waals surface area contributed by atoms with Crippen LogP contribution in [0.2, 0.25) is 0 Å². The van der Waals surface area contributed by atoms with Crippen LogP contribution in [-0.2, 0) is 11.2 Å². The van der Waals surface area contributed by atoms with Gasteiger partial charge in [-0.05, 0) is 56.5 Å². The lowest BCUT2D eigenvalue weighted by Gasteiger charge is -2.42. The lowest BCUT2D eigenvalue weighted by molar-refractivity contribution is -0.153. The van der Waals surface area contributed by atoms with E-state index in [2.05, 4.69) is 26.9 Å². The highest BCUT2D eigenvalue weighted by Crippen LogP contribution is 2.34. The molecule has 1 aromatic rings. The van der Waals surface area contributed by atoms with E-state index in [-0.39, 0.29) is 6.10 Å². The molecule has 1 saturated heterocycles. The molecular formula is C16H20BrNO3. The third kappa shape index (κ3) is 2.81. The molecule has 5 heteroatoms. The molecule has 0 bridgehead atoms. The molecule has 0 aliphatic carbocycles. The van der Waals surface area contributed by atoms with Crippen LogP contribution in [0.3, 0.4) is 0 Å². The Hall–Kier alpha value is -1.07. The Balaban J connectivity index is 1.71. The average Bonchev–Trinajstić information content (AvgIpc) is 2.82. The zero-order chi connectivity index (χ0) is 15.0. The van der Waals surface area contributed by atoms with Gasteiger partial charge in [0.1, 0.15) is 17.4 Å². The summed E-state index contributed by atoms with van der Waals surface area (Å²) in [5.41, 5.74) is 0.445. The van der Waals surface area contributed by atoms with Gasteiger partial charge < -0.3 is 9.84 Å². The number of likely N-dealkylation sites (tertiary alicyclic amines) is 1. The van der Waals surface area contributed by atoms with Crippen LogP contribution in [0.1, 0.15) is 31.7 Å². The van der Waals surface area contributed by atoms with E-state index in [9.17, 15) is 9.90 Å². The van der Waals surface area contributed by atoms with Crippen molar-refractivity contribution in [3.63, 3.8) is 0 Å². The van der Waals surface area contributed by atoms with Crippen molar-refractivity contribution in [2.24, 2.45) is 0 Å². The van der Waals surface area contributed by atoms with Crippen molar-refractivity contribution in [3.05, 3.63) is 28.2 Å². The number of halogens is 1. The van der Waals surface area contributed by atoms with Crippen LogP contribution in [0, 0.1) is 0 Å². The largest absolute Gasteiger partial charge is 0.488 e. The number of hydrogen-bond donors (Lipinski definition) is 1. The predicted octanol–water partition coefficient (Wildman–Crippen LogP) is 3.08. The smallest absolute Gasteiger partial charge is 0.323 e. The van der Waals surface area contributed by atoms with E-state index in [1.807, 2.05) is 19.1 Å². The minimum Gasteiger partial charge on any atom is -0.488 e. The second kappa shape index (κ2) is 5.61. The number of hydrogen-bond acceptors (Lipinski definition) is 3. The Morgan fingerprint density at radius 3 is 3.10 bits per heavy atom. The molecule has 0 aromatic heterocycles. The van der Waals surface area contributed by atoms with Gasteiger partial charge in [-0.3, -0.25) is 9.69 Å². The minimum atomic E-state index is -0.753. The number of carboxylic acid groups (broad SMARTS) is 1. The first kappa shape index (κ1) is 14.9. The number of piperidine rings is 1. The van der Waals surface area contributed by atoms with Crippen LogP contribution >= 0.6 is 15.9 Å². The van der Waals surface area contributed by atoms with Crippen LogP contribution in [0.4, 0.5) is 0 Å². The molecule has 2 atom stereocenters. The molecule has 21 heavy (non-hydrogen) atoms. The summed E-state index contributed by atoms with van der Waals surface area (Å²) in [5, 5.41) is 9.56. The molecule has 0 spiro atoms. The second-order valence-corrected chi connectivity index (χ2v) is 7.09. The monoisotopic (exact) mass is 353 g/mol. The van der Waals surface area contributed by atoms with Crippen LogP contribution < -0.4 is 4.74 Å². The highest BCUT2D eigenvalue weighted by atomic mass is 79.9. The number of carbonyl (C=O) groups is 1. The van der Waals surface area contributed by atoms with E-state index in [1.54, 1.807) is 0 Å². The lowest BCUT2D eigenvalue weighted by atomic mass is 9.88. The van der Waals surface area contributed by atoms with Crippen LogP contribution in [-0.4, -0.2) is 40.7 Å². The number of rotatable bonds is 3. The van der Waals surface area contributed by atoms with Gasteiger partial charge in [-0.1, -0.05) is 15.9 Å². The van der Waals surface area contributed by atoms with E-state index in [1.165, 1.54) is 5.56 Å². The van der Waals surface area contributed by atoms with Crippen LogP contribution in [0.15, 0.2) is 22.7 Å². The quantitative estimate of drug-likeness (QED) is 0.906. The van der Waals surface area contributed by atoms with Gasteiger partial charge in [0.15, 0.2) is 0 Å². The van der Waals surface area contributed by atoms with Gasteiger partial charge in [-0.2, -0.15) is 0 Å². The first-order valence-corrected chi connectivity index (χ1v) is 8.22. The molecule has 2 unspecified atom stereocenters. The van der Waals surface area contributed by atoms with Gasteiger partial charge in [0.05, 0.1) is 0 Å². The van der Waals surface area contributed by atoms with Gasteiger partial charge in [-0.15, -0.1) is 0 Å². The predicted molar refractivity (Wildman–Crippen MR) is 83.7 cm³/mol. The number of ether oxygens (including phenoxy) is 1. The molecule has 114 valence electrons. The normalized spacial score (nSPS) is 29.0. The molecule has 1 N–H and O–H groups in total. The van der Waals surface area contributed by atoms with E-state index in [0.29, 0.717) is 13.0 Å². The molecule has 0 amide bonds. The highest BCUT2D eigenvalue weighted by Gasteiger charge is 2.42. The Morgan fingerprint density at radius 2 is 2.33 bits per heavy atom. The Kier molecular flexibility index (Phi) is 3.97. The molecule has 3 rings (SSSR count). The standard InChI is InChI=1S/C16H20BrNO3/c1-16(15(19)20)6-2-3-7-18(16)10-13-9-11-8-12(17)4-5-14(11)21-13/h4-5,8,13H,2-3,6-7,9-10H2,1H3,(H,19,20). The maximum atomic E-state index is 11.6. The third-order valence-corrected chi connectivity index (χ3v) is 5.18. The molecule has 1 fully saturated rings. The molecule has 0 radical (unpaired) electrons. The van der Waals surface area contributed by atoms with Crippen molar-refractivity contribution in [1.29, 1.82) is 0 Å². The summed E-state index contributed by atoms with van der Waals surface area (Å²) in [6.45, 7) is 3.35. The highest BCUT2D eigenvalue weighted by molar-refractivity contribution is 9.10. The zero-order valence-electron chi connectivity index (χ0n) is 12.1. The van der Waals surface area contributed by atoms with Gasteiger partial charge in [0.25, 0.3) is 0 Å². The summed E-state index contributed by atoms with van der Waals surface area (Å²) in [6, 6.07) is 6.04. The van der Waals surface area contributed by atoms with E-state index in [0.717, 1.165) is 36.0 Å². The topological polar surface area (TPSA) is 49.8 Å². The lowest BCUT2D eigenvalue weighted by Crippen LogP contribution is -2.57. The third-order valence-electron chi connectivity index (χ3n) is 4.69. The fraction of sp³-hybridized carbons (Fsp3) is 0.562. The van der Waals surface area contributed by atoms with Crippen LogP contribution in [0.5, 0.6) is 5.75 Å². The minimum absolute atomic E-state index is 0.0473. The first-order valence-electron chi connectivity index (χ1n) is 7.42. The summed E-state index contributed by atoms with van der Waals surface area (Å²) in [4.78, 5) is 13.7. The maximum Gasteiger partial charge on any atom is 0.323 e. The molecule has 0 saturated carbocycles. The summed E-state index contributed by atoms with van der Waals surface area (Å²) in [6.07, 6.45) is 3.66. The number of carboxylic acids is 1. The SMILES string of the molecule is CC1(C(=O)O)CCCCN1CC1Cc2cc(Br)ccc2O1. The van der Waals surface area contributed by atoms with Crippen molar-refractivity contribution >= 4 is 21.9 Å². The van der Waals surface area contributed by atoms with Gasteiger partial charge in [0, 0.05) is 17.4 Å². The number of benzene rings is 1. The van der Waals surface area contributed by atoms with Crippen molar-refractivity contribution in [3.8, 4) is 5.75 Å². The Bertz CT molecular complexity index is 562. The van der Waals surface area contributed by atoms with E-state index < -0.39 is 11.5 Å². The van der Waals surface area contributed by atoms with Crippen molar-refractivity contribution in [2.75, 3.05) is 13.1 Å². The summed E-state index contributed by atoms with van der Waals surface area (Å²) in [5.74, 6) is 0.206. The van der Waals surface area contributed by atoms with Crippen molar-refractivity contribution in [2.45, 2.75) is 44.2 Å². The number of nitrogens with zero attached hydrogens (tertiary/aromatic N) is 1. The van der Waals surface area contributed by atoms with Crippen LogP contribution in [0.25, 0.3) is 0 Å².